The second-order valence-corrected chi connectivity index (χ2v) is 9.77. The maximum Gasteiger partial charge on any atom is 0.319 e. The summed E-state index contributed by atoms with van der Waals surface area (Å²) in [6.45, 7) is 11.0. The van der Waals surface area contributed by atoms with E-state index in [-0.39, 0.29) is 18.2 Å². The number of halogens is 2. The van der Waals surface area contributed by atoms with Crippen LogP contribution in [0.25, 0.3) is 0 Å². The first-order chi connectivity index (χ1) is 16.4. The topological polar surface area (TPSA) is 77.2 Å². The minimum atomic E-state index is -0.174. The molecule has 4 amide bonds. The molecular weight excluding hydrogens is 477 g/mol. The lowest BCUT2D eigenvalue weighted by molar-refractivity contribution is -0.0287. The van der Waals surface area contributed by atoms with Gasteiger partial charge in [-0.1, -0.05) is 29.3 Å². The molecule has 3 rings (SSSR count). The third-order valence-corrected chi connectivity index (χ3v) is 7.31. The number of carbonyl (C=O) groups is 2. The average Bonchev–Trinajstić information content (AvgIpc) is 2.85. The Balaban J connectivity index is 1.33. The standard InChI is InChI=1S/C24H37Cl2N5O3/c1-3-30(4-2)24(33)31-9-7-18(8-10-31)14-27-23(32)28-15-20-17-29(11-12-34-20)16-19-5-6-21(25)22(26)13-19/h5-6,13,18,20H,3-4,7-12,14-17H2,1-2H3,(H2,27,28,32)/t20-/m0/s1. The Bertz CT molecular complexity index is 816. The molecule has 8 nitrogen and oxygen atoms in total. The largest absolute Gasteiger partial charge is 0.374 e. The number of nitrogens with one attached hydrogen (secondary N) is 2. The number of nitrogens with zero attached hydrogens (tertiary/aromatic N) is 3. The molecular formula is C24H37Cl2N5O3. The predicted octanol–water partition coefficient (Wildman–Crippen LogP) is 3.67. The number of hydrogen-bond acceptors (Lipinski definition) is 4. The van der Waals surface area contributed by atoms with E-state index in [9.17, 15) is 9.59 Å². The van der Waals surface area contributed by atoms with Gasteiger partial charge in [0, 0.05) is 58.9 Å². The Labute approximate surface area is 212 Å². The van der Waals surface area contributed by atoms with Crippen LogP contribution in [0.4, 0.5) is 9.59 Å². The quantitative estimate of drug-likeness (QED) is 0.555. The number of rotatable bonds is 8. The minimum Gasteiger partial charge on any atom is -0.374 e. The number of morpholine rings is 1. The van der Waals surface area contributed by atoms with Gasteiger partial charge in [-0.05, 0) is 50.3 Å². The second kappa shape index (κ2) is 13.4. The van der Waals surface area contributed by atoms with Crippen LogP contribution in [0.2, 0.25) is 10.0 Å². The maximum atomic E-state index is 12.5. The van der Waals surface area contributed by atoms with E-state index in [1.165, 1.54) is 0 Å². The van der Waals surface area contributed by atoms with Crippen LogP contribution in [0.15, 0.2) is 18.2 Å². The Hall–Kier alpha value is -1.74. The van der Waals surface area contributed by atoms with Crippen LogP contribution in [-0.2, 0) is 11.3 Å². The molecule has 2 fully saturated rings. The monoisotopic (exact) mass is 513 g/mol. The van der Waals surface area contributed by atoms with Gasteiger partial charge >= 0.3 is 12.1 Å². The summed E-state index contributed by atoms with van der Waals surface area (Å²) in [4.78, 5) is 30.9. The molecule has 0 bridgehead atoms. The lowest BCUT2D eigenvalue weighted by Crippen LogP contribution is -2.50. The van der Waals surface area contributed by atoms with E-state index < -0.39 is 0 Å². The zero-order valence-electron chi connectivity index (χ0n) is 20.2. The number of urea groups is 2. The van der Waals surface area contributed by atoms with Gasteiger partial charge in [-0.25, -0.2) is 9.59 Å². The third kappa shape index (κ3) is 7.90. The first kappa shape index (κ1) is 26.9. The highest BCUT2D eigenvalue weighted by atomic mass is 35.5. The smallest absolute Gasteiger partial charge is 0.319 e. The van der Waals surface area contributed by atoms with Crippen molar-refractivity contribution in [2.24, 2.45) is 5.92 Å². The van der Waals surface area contributed by atoms with E-state index in [0.29, 0.717) is 35.7 Å². The van der Waals surface area contributed by atoms with Crippen LogP contribution in [-0.4, -0.2) is 91.8 Å². The van der Waals surface area contributed by atoms with E-state index in [2.05, 4.69) is 15.5 Å². The van der Waals surface area contributed by atoms with E-state index in [0.717, 1.165) is 64.2 Å². The number of likely N-dealkylation sites (tertiary alicyclic amines) is 1. The van der Waals surface area contributed by atoms with Crippen LogP contribution in [0.3, 0.4) is 0 Å². The molecule has 2 saturated heterocycles. The molecule has 10 heteroatoms. The fraction of sp³-hybridized carbons (Fsp3) is 0.667. The summed E-state index contributed by atoms with van der Waals surface area (Å²) in [5.41, 5.74) is 1.10. The molecule has 2 aliphatic heterocycles. The van der Waals surface area contributed by atoms with Crippen molar-refractivity contribution >= 4 is 35.3 Å². The van der Waals surface area contributed by atoms with Gasteiger partial charge < -0.3 is 25.2 Å². The highest BCUT2D eigenvalue weighted by Gasteiger charge is 2.26. The Morgan fingerprint density at radius 2 is 1.76 bits per heavy atom. The van der Waals surface area contributed by atoms with Gasteiger partial charge in [-0.15, -0.1) is 0 Å². The van der Waals surface area contributed by atoms with E-state index in [4.69, 9.17) is 27.9 Å². The fourth-order valence-corrected chi connectivity index (χ4v) is 4.79. The lowest BCUT2D eigenvalue weighted by Gasteiger charge is -2.35. The Kier molecular flexibility index (Phi) is 10.6. The van der Waals surface area contributed by atoms with Crippen molar-refractivity contribution in [1.82, 2.24) is 25.3 Å². The summed E-state index contributed by atoms with van der Waals surface area (Å²) in [7, 11) is 0. The molecule has 2 aliphatic rings. The third-order valence-electron chi connectivity index (χ3n) is 6.57. The van der Waals surface area contributed by atoms with Gasteiger partial charge in [-0.2, -0.15) is 0 Å². The van der Waals surface area contributed by atoms with Crippen LogP contribution >= 0.6 is 23.2 Å². The lowest BCUT2D eigenvalue weighted by atomic mass is 9.97. The number of carbonyl (C=O) groups excluding carboxylic acids is 2. The van der Waals surface area contributed by atoms with Crippen molar-refractivity contribution in [2.45, 2.75) is 39.3 Å². The van der Waals surface area contributed by atoms with Crippen LogP contribution in [0.1, 0.15) is 32.3 Å². The van der Waals surface area contributed by atoms with E-state index in [1.807, 2.05) is 41.8 Å². The van der Waals surface area contributed by atoms with Crippen molar-refractivity contribution in [3.05, 3.63) is 33.8 Å². The Morgan fingerprint density at radius 1 is 1.06 bits per heavy atom. The molecule has 0 aromatic heterocycles. The van der Waals surface area contributed by atoms with Crippen LogP contribution < -0.4 is 10.6 Å². The van der Waals surface area contributed by atoms with Crippen LogP contribution in [0, 0.1) is 5.92 Å². The summed E-state index contributed by atoms with van der Waals surface area (Å²) in [6, 6.07) is 5.63. The zero-order chi connectivity index (χ0) is 24.5. The second-order valence-electron chi connectivity index (χ2n) is 8.95. The van der Waals surface area contributed by atoms with Crippen LogP contribution in [0.5, 0.6) is 0 Å². The first-order valence-corrected chi connectivity index (χ1v) is 13.0. The molecule has 1 aromatic carbocycles. The number of hydrogen-bond donors (Lipinski definition) is 2. The van der Waals surface area contributed by atoms with Gasteiger partial charge in [-0.3, -0.25) is 4.90 Å². The summed E-state index contributed by atoms with van der Waals surface area (Å²) in [6.07, 6.45) is 1.75. The summed E-state index contributed by atoms with van der Waals surface area (Å²) in [5, 5.41) is 7.04. The normalized spacial score (nSPS) is 19.6. The highest BCUT2D eigenvalue weighted by Crippen LogP contribution is 2.23. The maximum absolute atomic E-state index is 12.5. The number of ether oxygens (including phenoxy) is 1. The molecule has 2 heterocycles. The van der Waals surface area contributed by atoms with E-state index >= 15 is 0 Å². The first-order valence-electron chi connectivity index (χ1n) is 12.2. The minimum absolute atomic E-state index is 0.0587. The van der Waals surface area contributed by atoms with Gasteiger partial charge in [0.25, 0.3) is 0 Å². The fourth-order valence-electron chi connectivity index (χ4n) is 4.47. The Morgan fingerprint density at radius 3 is 2.44 bits per heavy atom. The van der Waals surface area contributed by atoms with Crippen molar-refractivity contribution in [3.63, 3.8) is 0 Å². The summed E-state index contributed by atoms with van der Waals surface area (Å²) in [5.74, 6) is 0.388. The molecule has 34 heavy (non-hydrogen) atoms. The van der Waals surface area contributed by atoms with Gasteiger partial charge in [0.15, 0.2) is 0 Å². The van der Waals surface area contributed by atoms with Crippen molar-refractivity contribution < 1.29 is 14.3 Å². The molecule has 1 atom stereocenters. The predicted molar refractivity (Wildman–Crippen MR) is 135 cm³/mol. The van der Waals surface area contributed by atoms with Gasteiger partial charge in [0.2, 0.25) is 0 Å². The van der Waals surface area contributed by atoms with Gasteiger partial charge in [0.1, 0.15) is 0 Å². The average molecular weight is 514 g/mol. The highest BCUT2D eigenvalue weighted by molar-refractivity contribution is 6.42. The number of benzene rings is 1. The molecule has 0 saturated carbocycles. The van der Waals surface area contributed by atoms with Crippen molar-refractivity contribution in [3.8, 4) is 0 Å². The summed E-state index contributed by atoms with van der Waals surface area (Å²) >= 11 is 12.1. The van der Waals surface area contributed by atoms with Gasteiger partial charge in [0.05, 0.1) is 22.8 Å². The molecule has 1 aromatic rings. The molecule has 0 spiro atoms. The van der Waals surface area contributed by atoms with Crippen molar-refractivity contribution in [1.29, 1.82) is 0 Å². The molecule has 0 radical (unpaired) electrons. The number of amides is 4. The zero-order valence-corrected chi connectivity index (χ0v) is 21.7. The number of piperidine rings is 1. The van der Waals surface area contributed by atoms with Crippen molar-refractivity contribution in [2.75, 3.05) is 59.0 Å². The molecule has 0 aliphatic carbocycles. The molecule has 0 unspecified atom stereocenters. The SMILES string of the molecule is CCN(CC)C(=O)N1CCC(CNC(=O)NC[C@H]2CN(Cc3ccc(Cl)c(Cl)c3)CCO2)CC1. The summed E-state index contributed by atoms with van der Waals surface area (Å²) < 4.78 is 5.83. The molecule has 2 N–H and O–H groups in total. The molecule has 190 valence electrons. The van der Waals surface area contributed by atoms with E-state index in [1.54, 1.807) is 0 Å².